The molecule has 0 aromatic carbocycles. The minimum Gasteiger partial charge on any atom is -0.481 e. The van der Waals surface area contributed by atoms with Crippen molar-refractivity contribution in [3.05, 3.63) is 0 Å². The fraction of sp³-hybridized carbons (Fsp3) is 0.917. The zero-order valence-electron chi connectivity index (χ0n) is 37.9. The van der Waals surface area contributed by atoms with Gasteiger partial charge in [-0.2, -0.15) is 23.5 Å². The number of ether oxygens (including phenoxy) is 2. The van der Waals surface area contributed by atoms with Gasteiger partial charge in [-0.05, 0) is 12.8 Å². The van der Waals surface area contributed by atoms with Gasteiger partial charge >= 0.3 is 23.9 Å². The van der Waals surface area contributed by atoms with E-state index in [1.807, 2.05) is 0 Å². The molecule has 0 bridgehead atoms. The summed E-state index contributed by atoms with van der Waals surface area (Å²) in [5, 5.41) is 16.4. The monoisotopic (exact) mass is 861 g/mol. The molecule has 58 heavy (non-hydrogen) atoms. The van der Waals surface area contributed by atoms with Crippen LogP contribution in [-0.4, -0.2) is 70.3 Å². The highest BCUT2D eigenvalue weighted by Crippen LogP contribution is 2.16. The maximum Gasteiger partial charge on any atom is 0.306 e. The Hall–Kier alpha value is -1.42. The van der Waals surface area contributed by atoms with Crippen LogP contribution >= 0.6 is 23.5 Å². The lowest BCUT2D eigenvalue weighted by Crippen LogP contribution is -2.09. The van der Waals surface area contributed by atoms with Crippen LogP contribution in [-0.2, 0) is 28.7 Å². The van der Waals surface area contributed by atoms with Crippen LogP contribution in [0, 0.1) is 0 Å². The molecule has 0 radical (unpaired) electrons. The maximum atomic E-state index is 12.0. The molecule has 0 rings (SSSR count). The zero-order valence-corrected chi connectivity index (χ0v) is 39.5. The van der Waals surface area contributed by atoms with E-state index in [0.717, 1.165) is 25.7 Å². The number of hydrogen-bond donors (Lipinski definition) is 2. The van der Waals surface area contributed by atoms with Crippen LogP contribution in [0.3, 0.4) is 0 Å². The summed E-state index contributed by atoms with van der Waals surface area (Å²) in [6.07, 6.45) is 44.2. The number of carboxylic acid groups (broad SMARTS) is 2. The molecule has 0 saturated carbocycles. The molecule has 0 saturated heterocycles. The highest BCUT2D eigenvalue weighted by atomic mass is 32.2. The Morgan fingerprint density at radius 3 is 0.759 bits per heavy atom. The largest absolute Gasteiger partial charge is 0.481 e. The zero-order chi connectivity index (χ0) is 42.8. The first kappa shape index (κ1) is 58.7. The fourth-order valence-corrected chi connectivity index (χ4v) is 8.32. The second-order valence-electron chi connectivity index (χ2n) is 16.1. The summed E-state index contributed by atoms with van der Waals surface area (Å²) in [6.45, 7) is 5.67. The van der Waals surface area contributed by atoms with Crippen molar-refractivity contribution in [3.8, 4) is 0 Å². The van der Waals surface area contributed by atoms with E-state index < -0.39 is 11.9 Å². The molecule has 0 amide bonds. The van der Waals surface area contributed by atoms with Crippen molar-refractivity contribution in [2.75, 3.05) is 36.2 Å². The van der Waals surface area contributed by atoms with Gasteiger partial charge in [0, 0.05) is 23.0 Å². The number of thioether (sulfide) groups is 2. The fourth-order valence-electron chi connectivity index (χ4n) is 6.65. The molecule has 8 nitrogen and oxygen atoms in total. The Morgan fingerprint density at radius 1 is 0.328 bits per heavy atom. The second kappa shape index (κ2) is 51.7. The summed E-state index contributed by atoms with van der Waals surface area (Å²) in [4.78, 5) is 43.8. The van der Waals surface area contributed by atoms with E-state index in [0.29, 0.717) is 49.1 Å². The van der Waals surface area contributed by atoms with Crippen molar-refractivity contribution >= 4 is 47.4 Å². The van der Waals surface area contributed by atoms with E-state index in [1.165, 1.54) is 192 Å². The molecule has 2 N–H and O–H groups in total. The van der Waals surface area contributed by atoms with Crippen molar-refractivity contribution < 1.29 is 38.9 Å². The normalized spacial score (nSPS) is 10.9. The molecule has 0 spiro atoms. The topological polar surface area (TPSA) is 127 Å². The van der Waals surface area contributed by atoms with Crippen molar-refractivity contribution in [2.24, 2.45) is 0 Å². The standard InChI is InChI=1S/C42H82O4S.C6H10O4S/c1-3-5-7-9-11-13-15-17-19-21-23-25-27-29-31-33-37-45-41(43)35-39-47-40-36-42(44)46-38-34-32-30-28-26-24-22-20-18-16-14-12-10-8-6-4-2;7-5(8)1-3-11-4-2-6(9)10/h3-40H2,1-2H3;1-4H2,(H,7,8)(H,9,10). The molecule has 0 atom stereocenters. The number of carbonyl (C=O) groups is 4. The number of unbranched alkanes of at least 4 members (excludes halogenated alkanes) is 30. The van der Waals surface area contributed by atoms with Gasteiger partial charge in [0.2, 0.25) is 0 Å². The Morgan fingerprint density at radius 2 is 0.534 bits per heavy atom. The number of rotatable bonds is 46. The molecular weight excluding hydrogens is 769 g/mol. The first-order chi connectivity index (χ1) is 28.3. The molecular formula is C48H92O8S2. The molecule has 0 aliphatic rings. The van der Waals surface area contributed by atoms with Crippen LogP contribution in [0.1, 0.15) is 245 Å². The third-order valence-corrected chi connectivity index (χ3v) is 12.3. The smallest absolute Gasteiger partial charge is 0.306 e. The highest BCUT2D eigenvalue weighted by molar-refractivity contribution is 7.99. The average molecular weight is 861 g/mol. The first-order valence-corrected chi connectivity index (χ1v) is 26.5. The maximum absolute atomic E-state index is 12.0. The first-order valence-electron chi connectivity index (χ1n) is 24.2. The number of carboxylic acids is 2. The Kier molecular flexibility index (Phi) is 52.3. The Balaban J connectivity index is 0. The van der Waals surface area contributed by atoms with Crippen LogP contribution in [0.15, 0.2) is 0 Å². The third-order valence-electron chi connectivity index (χ3n) is 10.3. The quantitative estimate of drug-likeness (QED) is 0.0451. The molecule has 0 aromatic rings. The van der Waals surface area contributed by atoms with Gasteiger partial charge in [0.25, 0.3) is 0 Å². The van der Waals surface area contributed by atoms with Gasteiger partial charge in [-0.3, -0.25) is 19.2 Å². The van der Waals surface area contributed by atoms with Crippen LogP contribution < -0.4 is 0 Å². The minimum absolute atomic E-state index is 0.101. The lowest BCUT2D eigenvalue weighted by atomic mass is 10.0. The average Bonchev–Trinajstić information content (AvgIpc) is 3.20. The van der Waals surface area contributed by atoms with E-state index in [9.17, 15) is 19.2 Å². The summed E-state index contributed by atoms with van der Waals surface area (Å²) in [5.41, 5.74) is 0. The lowest BCUT2D eigenvalue weighted by Gasteiger charge is -2.06. The van der Waals surface area contributed by atoms with Crippen molar-refractivity contribution in [1.82, 2.24) is 0 Å². The van der Waals surface area contributed by atoms with Gasteiger partial charge in [-0.1, -0.05) is 206 Å². The Bertz CT molecular complexity index is 820. The van der Waals surface area contributed by atoms with Gasteiger partial charge in [-0.15, -0.1) is 0 Å². The van der Waals surface area contributed by atoms with Gasteiger partial charge in [0.05, 0.1) is 38.9 Å². The van der Waals surface area contributed by atoms with E-state index in [2.05, 4.69) is 13.8 Å². The molecule has 0 heterocycles. The molecule has 0 aliphatic carbocycles. The summed E-state index contributed by atoms with van der Waals surface area (Å²) in [5.74, 6) is 0.509. The van der Waals surface area contributed by atoms with Crippen LogP contribution in [0.5, 0.6) is 0 Å². The van der Waals surface area contributed by atoms with Gasteiger partial charge < -0.3 is 19.7 Å². The second-order valence-corrected chi connectivity index (χ2v) is 18.5. The van der Waals surface area contributed by atoms with Crippen LogP contribution in [0.2, 0.25) is 0 Å². The molecule has 0 fully saturated rings. The van der Waals surface area contributed by atoms with Gasteiger partial charge in [-0.25, -0.2) is 0 Å². The van der Waals surface area contributed by atoms with Gasteiger partial charge in [0.1, 0.15) is 0 Å². The van der Waals surface area contributed by atoms with E-state index >= 15 is 0 Å². The lowest BCUT2D eigenvalue weighted by molar-refractivity contribution is -0.144. The van der Waals surface area contributed by atoms with E-state index in [4.69, 9.17) is 19.7 Å². The molecule has 0 aromatic heterocycles. The molecule has 0 aliphatic heterocycles. The summed E-state index contributed by atoms with van der Waals surface area (Å²) in [6, 6.07) is 0. The number of carbonyl (C=O) groups excluding carboxylic acids is 2. The van der Waals surface area contributed by atoms with Crippen LogP contribution in [0.25, 0.3) is 0 Å². The van der Waals surface area contributed by atoms with Gasteiger partial charge in [0.15, 0.2) is 0 Å². The van der Waals surface area contributed by atoms with Crippen LogP contribution in [0.4, 0.5) is 0 Å². The number of aliphatic carboxylic acids is 2. The summed E-state index contributed by atoms with van der Waals surface area (Å²) >= 11 is 2.99. The highest BCUT2D eigenvalue weighted by Gasteiger charge is 2.06. The molecule has 10 heteroatoms. The van der Waals surface area contributed by atoms with Crippen molar-refractivity contribution in [2.45, 2.75) is 245 Å². The number of hydrogen-bond acceptors (Lipinski definition) is 8. The summed E-state index contributed by atoms with van der Waals surface area (Å²) < 4.78 is 10.8. The van der Waals surface area contributed by atoms with Crippen molar-refractivity contribution in [3.63, 3.8) is 0 Å². The van der Waals surface area contributed by atoms with Crippen molar-refractivity contribution in [1.29, 1.82) is 0 Å². The molecule has 344 valence electrons. The Labute approximate surface area is 366 Å². The van der Waals surface area contributed by atoms with E-state index in [1.54, 1.807) is 11.8 Å². The molecule has 0 unspecified atom stereocenters. The third kappa shape index (κ3) is 56.7. The summed E-state index contributed by atoms with van der Waals surface area (Å²) in [7, 11) is 0. The van der Waals surface area contributed by atoms with E-state index in [-0.39, 0.29) is 24.8 Å². The SMILES string of the molecule is CCCCCCCCCCCCCCCCCCOC(=O)CCSCCC(=O)OCCCCCCCCCCCCCCCCCC.O=C(O)CCSCCC(=O)O. The predicted octanol–water partition coefficient (Wildman–Crippen LogP) is 14.8. The minimum atomic E-state index is -0.840. The predicted molar refractivity (Wildman–Crippen MR) is 249 cm³/mol. The number of esters is 2.